The number of unbranched alkanes of at least 4 members (excludes halogenated alkanes) is 37. The quantitative estimate of drug-likeness (QED) is 0.0278. The van der Waals surface area contributed by atoms with Crippen LogP contribution in [0.15, 0.2) is 0 Å². The molecule has 380 valence electrons. The fourth-order valence-corrected chi connectivity index (χ4v) is 8.31. The van der Waals surface area contributed by atoms with Gasteiger partial charge in [0.2, 0.25) is 0 Å². The Kier molecular flexibility index (Phi) is 46.5. The van der Waals surface area contributed by atoms with E-state index >= 15 is 0 Å². The monoisotopic (exact) mass is 911 g/mol. The Morgan fingerprint density at radius 3 is 1.00 bits per heavy atom. The number of quaternary nitrogens is 1. The summed E-state index contributed by atoms with van der Waals surface area (Å²) in [6.45, 7) is 4.94. The third kappa shape index (κ3) is 48.2. The van der Waals surface area contributed by atoms with Crippen molar-refractivity contribution in [3.63, 3.8) is 0 Å². The Balaban J connectivity index is 4.22. The van der Waals surface area contributed by atoms with Crippen molar-refractivity contribution in [2.24, 2.45) is 0 Å². The van der Waals surface area contributed by atoms with Crippen LogP contribution in [0, 0.1) is 0 Å². The van der Waals surface area contributed by atoms with Gasteiger partial charge >= 0.3 is 17.9 Å². The van der Waals surface area contributed by atoms with Crippen LogP contribution in [0.4, 0.5) is 0 Å². The van der Waals surface area contributed by atoms with Gasteiger partial charge in [0.15, 0.2) is 6.10 Å². The van der Waals surface area contributed by atoms with Crippen LogP contribution in [-0.4, -0.2) is 87.4 Å². The zero-order chi connectivity index (χ0) is 47.0. The molecule has 9 nitrogen and oxygen atoms in total. The maximum absolute atomic E-state index is 12.8. The number of carboxylic acid groups (broad SMARTS) is 1. The van der Waals surface area contributed by atoms with E-state index in [4.69, 9.17) is 18.9 Å². The van der Waals surface area contributed by atoms with Gasteiger partial charge in [0.1, 0.15) is 13.2 Å². The van der Waals surface area contributed by atoms with Crippen molar-refractivity contribution in [1.82, 2.24) is 0 Å². The van der Waals surface area contributed by atoms with E-state index in [-0.39, 0.29) is 38.2 Å². The summed E-state index contributed by atoms with van der Waals surface area (Å²) in [6.07, 6.45) is 48.8. The lowest BCUT2D eigenvalue weighted by atomic mass is 10.0. The lowest BCUT2D eigenvalue weighted by Crippen LogP contribution is -2.40. The molecule has 9 heteroatoms. The molecule has 0 heterocycles. The second kappa shape index (κ2) is 47.8. The first-order valence-corrected chi connectivity index (χ1v) is 27.7. The van der Waals surface area contributed by atoms with Gasteiger partial charge in [-0.2, -0.15) is 0 Å². The number of hydrogen-bond donors (Lipinski definition) is 1. The summed E-state index contributed by atoms with van der Waals surface area (Å²) in [4.78, 5) is 37.3. The minimum Gasteiger partial charge on any atom is -0.477 e. The molecule has 0 aromatic heterocycles. The average molecular weight is 911 g/mol. The fraction of sp³-hybridized carbons (Fsp3) is 0.945. The van der Waals surface area contributed by atoms with Crippen LogP contribution in [0.5, 0.6) is 0 Å². The highest BCUT2D eigenvalue weighted by Gasteiger charge is 2.25. The first-order chi connectivity index (χ1) is 31.1. The summed E-state index contributed by atoms with van der Waals surface area (Å²) in [7, 11) is 5.98. The SMILES string of the molecule is CCCCCCCCCCCCCCCCCCCCCCCCC(=O)OC(COC(=O)CCCCCCCCCCCCCCCCCCC)COC(OCC[N+](C)(C)C)C(=O)O. The van der Waals surface area contributed by atoms with Gasteiger partial charge in [-0.05, 0) is 12.8 Å². The molecule has 1 N–H and O–H groups in total. The first kappa shape index (κ1) is 62.3. The second-order valence-corrected chi connectivity index (χ2v) is 20.3. The van der Waals surface area contributed by atoms with Gasteiger partial charge < -0.3 is 28.5 Å². The normalized spacial score (nSPS) is 12.7. The number of rotatable bonds is 52. The Labute approximate surface area is 396 Å². The number of likely N-dealkylation sites (N-methyl/N-ethyl adjacent to an activating group) is 1. The maximum atomic E-state index is 12.8. The molecule has 0 aliphatic heterocycles. The van der Waals surface area contributed by atoms with Gasteiger partial charge in [-0.15, -0.1) is 0 Å². The molecular weight excluding hydrogens is 803 g/mol. The molecule has 0 aromatic rings. The van der Waals surface area contributed by atoms with Gasteiger partial charge in [0.05, 0.1) is 34.4 Å². The molecule has 0 spiro atoms. The van der Waals surface area contributed by atoms with E-state index in [0.717, 1.165) is 38.5 Å². The van der Waals surface area contributed by atoms with Crippen LogP contribution in [0.3, 0.4) is 0 Å². The minimum absolute atomic E-state index is 0.173. The molecule has 0 bridgehead atoms. The van der Waals surface area contributed by atoms with Gasteiger partial charge in [-0.1, -0.05) is 251 Å². The third-order valence-corrected chi connectivity index (χ3v) is 12.6. The molecule has 0 aliphatic carbocycles. The summed E-state index contributed by atoms with van der Waals surface area (Å²) in [6, 6.07) is 0. The number of esters is 2. The highest BCUT2D eigenvalue weighted by Crippen LogP contribution is 2.18. The number of hydrogen-bond acceptors (Lipinski definition) is 7. The molecular formula is C55H108NO8+. The van der Waals surface area contributed by atoms with Crippen LogP contribution in [0.2, 0.25) is 0 Å². The van der Waals surface area contributed by atoms with Gasteiger partial charge in [-0.3, -0.25) is 9.59 Å². The zero-order valence-electron chi connectivity index (χ0n) is 43.2. The van der Waals surface area contributed by atoms with Gasteiger partial charge in [-0.25, -0.2) is 4.79 Å². The van der Waals surface area contributed by atoms with E-state index in [1.165, 1.54) is 212 Å². The standard InChI is InChI=1S/C55H107NO8/c1-6-8-10-12-14-16-18-20-22-24-25-26-27-28-30-32-34-36-38-40-42-44-46-53(58)64-51(50-63-55(54(59)60)61-48-47-56(3,4)5)49-62-52(57)45-43-41-39-37-35-33-31-29-23-21-19-17-15-13-11-9-7-2/h51,55H,6-50H2,1-5H3/p+1. The largest absolute Gasteiger partial charge is 0.477 e. The van der Waals surface area contributed by atoms with Crippen molar-refractivity contribution in [2.45, 2.75) is 289 Å². The molecule has 0 radical (unpaired) electrons. The average Bonchev–Trinajstić information content (AvgIpc) is 3.26. The highest BCUT2D eigenvalue weighted by atomic mass is 16.7. The minimum atomic E-state index is -1.50. The number of carboxylic acids is 1. The lowest BCUT2D eigenvalue weighted by molar-refractivity contribution is -0.870. The Hall–Kier alpha value is -1.71. The molecule has 0 aliphatic rings. The molecule has 0 saturated heterocycles. The van der Waals surface area contributed by atoms with E-state index < -0.39 is 18.4 Å². The molecule has 2 atom stereocenters. The summed E-state index contributed by atoms with van der Waals surface area (Å²) in [5.41, 5.74) is 0. The Morgan fingerprint density at radius 2 is 0.703 bits per heavy atom. The van der Waals surface area contributed by atoms with Crippen LogP contribution >= 0.6 is 0 Å². The molecule has 0 rings (SSSR count). The van der Waals surface area contributed by atoms with Crippen molar-refractivity contribution in [3.8, 4) is 0 Å². The third-order valence-electron chi connectivity index (χ3n) is 12.6. The smallest absolute Gasteiger partial charge is 0.361 e. The van der Waals surface area contributed by atoms with Gasteiger partial charge in [0, 0.05) is 12.8 Å². The highest BCUT2D eigenvalue weighted by molar-refractivity contribution is 5.71. The molecule has 0 amide bonds. The summed E-state index contributed by atoms with van der Waals surface area (Å²) in [5, 5.41) is 9.68. The van der Waals surface area contributed by atoms with Crippen LogP contribution < -0.4 is 0 Å². The molecule has 0 saturated carbocycles. The van der Waals surface area contributed by atoms with Gasteiger partial charge in [0.25, 0.3) is 6.29 Å². The predicted molar refractivity (Wildman–Crippen MR) is 268 cm³/mol. The van der Waals surface area contributed by atoms with Crippen LogP contribution in [-0.2, 0) is 33.3 Å². The van der Waals surface area contributed by atoms with E-state index in [0.29, 0.717) is 17.4 Å². The van der Waals surface area contributed by atoms with E-state index in [2.05, 4.69) is 13.8 Å². The van der Waals surface area contributed by atoms with Crippen molar-refractivity contribution >= 4 is 17.9 Å². The Morgan fingerprint density at radius 1 is 0.406 bits per heavy atom. The van der Waals surface area contributed by atoms with Crippen LogP contribution in [0.25, 0.3) is 0 Å². The van der Waals surface area contributed by atoms with Crippen molar-refractivity contribution in [2.75, 3.05) is 47.5 Å². The molecule has 0 fully saturated rings. The number of nitrogens with zero attached hydrogens (tertiary/aromatic N) is 1. The molecule has 64 heavy (non-hydrogen) atoms. The second-order valence-electron chi connectivity index (χ2n) is 20.3. The lowest BCUT2D eigenvalue weighted by Gasteiger charge is -2.25. The number of ether oxygens (including phenoxy) is 4. The van der Waals surface area contributed by atoms with Crippen molar-refractivity contribution in [1.29, 1.82) is 0 Å². The topological polar surface area (TPSA) is 108 Å². The van der Waals surface area contributed by atoms with Crippen molar-refractivity contribution in [3.05, 3.63) is 0 Å². The van der Waals surface area contributed by atoms with E-state index in [1.54, 1.807) is 0 Å². The zero-order valence-corrected chi connectivity index (χ0v) is 43.2. The maximum Gasteiger partial charge on any atom is 0.361 e. The first-order valence-electron chi connectivity index (χ1n) is 27.7. The summed E-state index contributed by atoms with van der Waals surface area (Å²) >= 11 is 0. The number of carbonyl (C=O) groups excluding carboxylic acids is 2. The molecule has 0 aromatic carbocycles. The van der Waals surface area contributed by atoms with E-state index in [1.807, 2.05) is 21.1 Å². The predicted octanol–water partition coefficient (Wildman–Crippen LogP) is 15.6. The summed E-state index contributed by atoms with van der Waals surface area (Å²) in [5.74, 6) is -1.98. The van der Waals surface area contributed by atoms with Crippen LogP contribution in [0.1, 0.15) is 277 Å². The van der Waals surface area contributed by atoms with Crippen molar-refractivity contribution < 1.29 is 42.9 Å². The number of aliphatic carboxylic acids is 1. The Bertz CT molecular complexity index is 1020. The fourth-order valence-electron chi connectivity index (χ4n) is 8.31. The van der Waals surface area contributed by atoms with E-state index in [9.17, 15) is 19.5 Å². The summed E-state index contributed by atoms with van der Waals surface area (Å²) < 4.78 is 22.9. The molecule has 2 unspecified atom stereocenters. The number of carbonyl (C=O) groups is 3.